The number of hydrogen-bond acceptors (Lipinski definition) is 3. The van der Waals surface area contributed by atoms with Crippen LogP contribution in [0.5, 0.6) is 5.75 Å². The van der Waals surface area contributed by atoms with Crippen LogP contribution in [0.4, 0.5) is 4.39 Å². The molecule has 0 heterocycles. The summed E-state index contributed by atoms with van der Waals surface area (Å²) in [4.78, 5) is 2.29. The van der Waals surface area contributed by atoms with Gasteiger partial charge >= 0.3 is 0 Å². The van der Waals surface area contributed by atoms with Crippen molar-refractivity contribution in [2.45, 2.75) is 45.7 Å². The molecule has 2 unspecified atom stereocenters. The van der Waals surface area contributed by atoms with Crippen molar-refractivity contribution < 1.29 is 9.13 Å². The van der Waals surface area contributed by atoms with Gasteiger partial charge in [0, 0.05) is 17.2 Å². The number of hydrogen-bond donors (Lipinski definition) is 1. The average molecular weight is 282 g/mol. The maximum atomic E-state index is 14.2. The highest BCUT2D eigenvalue weighted by atomic mass is 19.1. The molecule has 114 valence electrons. The second-order valence-corrected chi connectivity index (χ2v) is 5.25. The zero-order valence-electron chi connectivity index (χ0n) is 13.2. The molecular weight excluding hydrogens is 255 g/mol. The van der Waals surface area contributed by atoms with Crippen LogP contribution in [0.15, 0.2) is 18.2 Å². The summed E-state index contributed by atoms with van der Waals surface area (Å²) in [5.41, 5.74) is 6.68. The van der Waals surface area contributed by atoms with Gasteiger partial charge < -0.3 is 10.5 Å². The quantitative estimate of drug-likeness (QED) is 0.833. The van der Waals surface area contributed by atoms with Crippen LogP contribution in [0, 0.1) is 5.82 Å². The van der Waals surface area contributed by atoms with Crippen LogP contribution in [-0.2, 0) is 0 Å². The van der Waals surface area contributed by atoms with Gasteiger partial charge in [-0.15, -0.1) is 0 Å². The molecule has 3 nitrogen and oxygen atoms in total. The van der Waals surface area contributed by atoms with Gasteiger partial charge in [0.05, 0.1) is 13.2 Å². The van der Waals surface area contributed by atoms with Gasteiger partial charge in [-0.2, -0.15) is 0 Å². The highest BCUT2D eigenvalue weighted by molar-refractivity contribution is 5.32. The molecule has 20 heavy (non-hydrogen) atoms. The molecule has 0 aliphatic carbocycles. The Bertz CT molecular complexity index is 434. The Labute approximate surface area is 121 Å². The molecule has 0 amide bonds. The first-order valence-electron chi connectivity index (χ1n) is 7.28. The fraction of sp³-hybridized carbons (Fsp3) is 0.625. The standard InChI is InChI=1S/C16H27FN2O/c1-6-16(4,19(7-2)8-3)15(18)13-10-9-12(20-5)11-14(13)17/h9-11,15H,6-8,18H2,1-5H3. The average Bonchev–Trinajstić information content (AvgIpc) is 2.47. The zero-order chi connectivity index (χ0) is 15.3. The van der Waals surface area contributed by atoms with E-state index >= 15 is 0 Å². The normalized spacial score (nSPS) is 16.0. The lowest BCUT2D eigenvalue weighted by atomic mass is 9.83. The third kappa shape index (κ3) is 3.13. The van der Waals surface area contributed by atoms with E-state index in [0.717, 1.165) is 19.5 Å². The van der Waals surface area contributed by atoms with E-state index in [0.29, 0.717) is 11.3 Å². The van der Waals surface area contributed by atoms with Crippen molar-refractivity contribution in [1.29, 1.82) is 0 Å². The highest BCUT2D eigenvalue weighted by Gasteiger charge is 2.36. The van der Waals surface area contributed by atoms with E-state index in [2.05, 4.69) is 32.6 Å². The van der Waals surface area contributed by atoms with Crippen LogP contribution in [0.25, 0.3) is 0 Å². The number of halogens is 1. The zero-order valence-corrected chi connectivity index (χ0v) is 13.2. The predicted octanol–water partition coefficient (Wildman–Crippen LogP) is 3.34. The number of likely N-dealkylation sites (N-methyl/N-ethyl adjacent to an activating group) is 1. The van der Waals surface area contributed by atoms with Crippen LogP contribution in [0.1, 0.15) is 45.7 Å². The second-order valence-electron chi connectivity index (χ2n) is 5.25. The van der Waals surface area contributed by atoms with Gasteiger partial charge in [0.15, 0.2) is 0 Å². The molecule has 1 aromatic carbocycles. The Hall–Kier alpha value is -1.13. The Balaban J connectivity index is 3.16. The Morgan fingerprint density at radius 2 is 1.90 bits per heavy atom. The second kappa shape index (κ2) is 7.04. The van der Waals surface area contributed by atoms with E-state index in [1.54, 1.807) is 12.1 Å². The summed E-state index contributed by atoms with van der Waals surface area (Å²) in [6, 6.07) is 4.51. The van der Waals surface area contributed by atoms with Gasteiger partial charge in [0.2, 0.25) is 0 Å². The molecule has 1 rings (SSSR count). The van der Waals surface area contributed by atoms with Crippen molar-refractivity contribution in [2.75, 3.05) is 20.2 Å². The maximum absolute atomic E-state index is 14.2. The lowest BCUT2D eigenvalue weighted by molar-refractivity contribution is 0.0831. The first kappa shape index (κ1) is 16.9. The van der Waals surface area contributed by atoms with Crippen LogP contribution in [-0.4, -0.2) is 30.6 Å². The van der Waals surface area contributed by atoms with Crippen molar-refractivity contribution in [3.8, 4) is 5.75 Å². The SMILES string of the molecule is CCN(CC)C(C)(CC)C(N)c1ccc(OC)cc1F. The fourth-order valence-electron chi connectivity index (χ4n) is 2.81. The minimum Gasteiger partial charge on any atom is -0.497 e. The summed E-state index contributed by atoms with van der Waals surface area (Å²) in [6.45, 7) is 10.2. The maximum Gasteiger partial charge on any atom is 0.131 e. The van der Waals surface area contributed by atoms with Gasteiger partial charge in [-0.3, -0.25) is 4.90 Å². The van der Waals surface area contributed by atoms with Crippen molar-refractivity contribution in [3.63, 3.8) is 0 Å². The van der Waals surface area contributed by atoms with E-state index in [4.69, 9.17) is 10.5 Å². The monoisotopic (exact) mass is 282 g/mol. The predicted molar refractivity (Wildman–Crippen MR) is 81.5 cm³/mol. The van der Waals surface area contributed by atoms with Crippen LogP contribution >= 0.6 is 0 Å². The topological polar surface area (TPSA) is 38.5 Å². The lowest BCUT2D eigenvalue weighted by Gasteiger charge is -2.44. The number of benzene rings is 1. The van der Waals surface area contributed by atoms with Gasteiger partial charge in [-0.05, 0) is 32.5 Å². The smallest absolute Gasteiger partial charge is 0.131 e. The third-order valence-corrected chi connectivity index (χ3v) is 4.41. The van der Waals surface area contributed by atoms with Gasteiger partial charge in [0.25, 0.3) is 0 Å². The molecule has 0 bridgehead atoms. The Morgan fingerprint density at radius 1 is 1.30 bits per heavy atom. The molecule has 0 saturated heterocycles. The van der Waals surface area contributed by atoms with E-state index in [-0.39, 0.29) is 17.4 Å². The highest BCUT2D eigenvalue weighted by Crippen LogP contribution is 2.34. The van der Waals surface area contributed by atoms with Gasteiger partial charge in [0.1, 0.15) is 11.6 Å². The molecule has 2 N–H and O–H groups in total. The molecule has 4 heteroatoms. The summed E-state index contributed by atoms with van der Waals surface area (Å²) in [6.07, 6.45) is 0.862. The Morgan fingerprint density at radius 3 is 2.30 bits per heavy atom. The Kier molecular flexibility index (Phi) is 5.96. The molecule has 0 spiro atoms. The molecular formula is C16H27FN2O. The first-order valence-corrected chi connectivity index (χ1v) is 7.28. The molecule has 1 aromatic rings. The minimum atomic E-state index is -0.377. The summed E-state index contributed by atoms with van der Waals surface area (Å²) in [5.74, 6) is 0.211. The molecule has 0 radical (unpaired) electrons. The van der Waals surface area contributed by atoms with Crippen LogP contribution in [0.3, 0.4) is 0 Å². The van der Waals surface area contributed by atoms with E-state index < -0.39 is 0 Å². The summed E-state index contributed by atoms with van der Waals surface area (Å²) in [5, 5.41) is 0. The van der Waals surface area contributed by atoms with E-state index in [1.807, 2.05) is 0 Å². The van der Waals surface area contributed by atoms with E-state index in [1.165, 1.54) is 13.2 Å². The molecule has 2 atom stereocenters. The van der Waals surface area contributed by atoms with Crippen molar-refractivity contribution in [1.82, 2.24) is 4.90 Å². The molecule has 0 aliphatic heterocycles. The summed E-state index contributed by atoms with van der Waals surface area (Å²) < 4.78 is 19.3. The number of nitrogens with two attached hydrogens (primary N) is 1. The summed E-state index contributed by atoms with van der Waals surface area (Å²) in [7, 11) is 1.53. The minimum absolute atomic E-state index is 0.265. The molecule has 0 fully saturated rings. The summed E-state index contributed by atoms with van der Waals surface area (Å²) >= 11 is 0. The van der Waals surface area contributed by atoms with Crippen molar-refractivity contribution in [2.24, 2.45) is 5.73 Å². The fourth-order valence-corrected chi connectivity index (χ4v) is 2.81. The first-order chi connectivity index (χ1) is 9.44. The lowest BCUT2D eigenvalue weighted by Crippen LogP contribution is -2.53. The number of methoxy groups -OCH3 is 1. The largest absolute Gasteiger partial charge is 0.497 e. The van der Waals surface area contributed by atoms with Gasteiger partial charge in [-0.25, -0.2) is 4.39 Å². The van der Waals surface area contributed by atoms with Crippen LogP contribution in [0.2, 0.25) is 0 Å². The number of rotatable bonds is 7. The number of nitrogens with zero attached hydrogens (tertiary/aromatic N) is 1. The van der Waals surface area contributed by atoms with Crippen molar-refractivity contribution in [3.05, 3.63) is 29.6 Å². The molecule has 0 aliphatic rings. The number of ether oxygens (including phenoxy) is 1. The third-order valence-electron chi connectivity index (χ3n) is 4.41. The van der Waals surface area contributed by atoms with Crippen molar-refractivity contribution >= 4 is 0 Å². The molecule has 0 aromatic heterocycles. The van der Waals surface area contributed by atoms with E-state index in [9.17, 15) is 4.39 Å². The molecule has 0 saturated carbocycles. The van der Waals surface area contributed by atoms with Gasteiger partial charge in [-0.1, -0.05) is 26.8 Å². The van der Waals surface area contributed by atoms with Crippen LogP contribution < -0.4 is 10.5 Å².